The zero-order valence-corrected chi connectivity index (χ0v) is 12.2. The Bertz CT molecular complexity index is 461. The molecule has 2 N–H and O–H groups in total. The first-order valence-electron chi connectivity index (χ1n) is 6.37. The minimum Gasteiger partial charge on any atom is -0.399 e. The van der Waals surface area contributed by atoms with Gasteiger partial charge in [0.05, 0.1) is 23.5 Å². The molecule has 0 atom stereocenters. The van der Waals surface area contributed by atoms with Crippen molar-refractivity contribution in [3.63, 3.8) is 0 Å². The van der Waals surface area contributed by atoms with Crippen molar-refractivity contribution < 1.29 is 14.0 Å². The first-order valence-corrected chi connectivity index (χ1v) is 6.37. The minimum atomic E-state index is -0.441. The van der Waals surface area contributed by atoms with E-state index in [0.29, 0.717) is 12.4 Å². The summed E-state index contributed by atoms with van der Waals surface area (Å²) in [5, 5.41) is 0. The fourth-order valence-electron chi connectivity index (χ4n) is 1.97. The van der Waals surface area contributed by atoms with Crippen LogP contribution in [0, 0.1) is 0 Å². The van der Waals surface area contributed by atoms with Crippen LogP contribution in [-0.4, -0.2) is 30.4 Å². The van der Waals surface area contributed by atoms with Crippen molar-refractivity contribution in [3.05, 3.63) is 17.8 Å². The second-order valence-electron chi connectivity index (χ2n) is 5.79. The van der Waals surface area contributed by atoms with Crippen molar-refractivity contribution in [3.8, 4) is 0 Å². The molecule has 0 saturated carbocycles. The summed E-state index contributed by atoms with van der Waals surface area (Å²) in [4.78, 5) is 4.30. The van der Waals surface area contributed by atoms with E-state index in [2.05, 4.69) is 4.98 Å². The fraction of sp³-hybridized carbons (Fsp3) is 0.615. The van der Waals surface area contributed by atoms with Crippen LogP contribution in [0.5, 0.6) is 0 Å². The molecule has 0 spiro atoms. The second-order valence-corrected chi connectivity index (χ2v) is 5.79. The summed E-state index contributed by atoms with van der Waals surface area (Å²) in [6.07, 6.45) is 0. The number of anilines is 1. The van der Waals surface area contributed by atoms with Gasteiger partial charge in [-0.05, 0) is 33.8 Å². The molecule has 2 heterocycles. The van der Waals surface area contributed by atoms with E-state index in [1.807, 2.05) is 33.8 Å². The molecule has 0 aliphatic carbocycles. The topological polar surface area (TPSA) is 66.6 Å². The van der Waals surface area contributed by atoms with E-state index in [1.54, 1.807) is 13.2 Å². The molecule has 1 fully saturated rings. The first-order chi connectivity index (χ1) is 8.77. The summed E-state index contributed by atoms with van der Waals surface area (Å²) >= 11 is 0. The fourth-order valence-corrected chi connectivity index (χ4v) is 1.97. The Morgan fingerprint density at radius 2 is 1.79 bits per heavy atom. The van der Waals surface area contributed by atoms with E-state index in [1.165, 1.54) is 0 Å². The average molecular weight is 264 g/mol. The van der Waals surface area contributed by atoms with Gasteiger partial charge in [-0.25, -0.2) is 4.98 Å². The lowest BCUT2D eigenvalue weighted by atomic mass is 9.78. The Morgan fingerprint density at radius 1 is 1.21 bits per heavy atom. The molecule has 1 aromatic rings. The predicted molar refractivity (Wildman–Crippen MR) is 75.1 cm³/mol. The highest BCUT2D eigenvalue weighted by molar-refractivity contribution is 6.62. The quantitative estimate of drug-likeness (QED) is 0.828. The van der Waals surface area contributed by atoms with Crippen LogP contribution in [0.4, 0.5) is 5.82 Å². The lowest BCUT2D eigenvalue weighted by Crippen LogP contribution is -2.41. The maximum absolute atomic E-state index is 6.02. The van der Waals surface area contributed by atoms with Crippen molar-refractivity contribution in [1.29, 1.82) is 0 Å². The number of nitrogens with two attached hydrogens (primary N) is 1. The molecule has 0 unspecified atom stereocenters. The Labute approximate surface area is 114 Å². The van der Waals surface area contributed by atoms with Crippen LogP contribution < -0.4 is 11.2 Å². The standard InChI is InChI=1S/C13H21BN2O3/c1-12(2)13(3,4)19-14(18-12)9-6-7-11(15)16-10(9)8-17-5/h6-7H,8H2,1-5H3,(H2,15,16). The Morgan fingerprint density at radius 3 is 2.32 bits per heavy atom. The van der Waals surface area contributed by atoms with Crippen molar-refractivity contribution in [2.45, 2.75) is 45.5 Å². The van der Waals surface area contributed by atoms with Gasteiger partial charge in [0.15, 0.2) is 0 Å². The number of aromatic nitrogens is 1. The number of rotatable bonds is 3. The molecule has 1 aliphatic rings. The van der Waals surface area contributed by atoms with Gasteiger partial charge in [0.25, 0.3) is 0 Å². The number of hydrogen-bond acceptors (Lipinski definition) is 5. The van der Waals surface area contributed by atoms with Crippen molar-refractivity contribution in [2.75, 3.05) is 12.8 Å². The van der Waals surface area contributed by atoms with Crippen LogP contribution in [0.15, 0.2) is 12.1 Å². The molecule has 0 aromatic carbocycles. The van der Waals surface area contributed by atoms with Gasteiger partial charge in [-0.2, -0.15) is 0 Å². The second kappa shape index (κ2) is 4.78. The van der Waals surface area contributed by atoms with E-state index in [4.69, 9.17) is 19.8 Å². The maximum atomic E-state index is 6.02. The largest absolute Gasteiger partial charge is 0.496 e. The minimum absolute atomic E-state index is 0.372. The van der Waals surface area contributed by atoms with Crippen LogP contribution in [0.1, 0.15) is 33.4 Å². The van der Waals surface area contributed by atoms with Gasteiger partial charge in [-0.15, -0.1) is 0 Å². The van der Waals surface area contributed by atoms with Gasteiger partial charge >= 0.3 is 7.12 Å². The molecule has 1 saturated heterocycles. The highest BCUT2D eigenvalue weighted by Gasteiger charge is 2.52. The molecular formula is C13H21BN2O3. The summed E-state index contributed by atoms with van der Waals surface area (Å²) in [5.74, 6) is 0.465. The summed E-state index contributed by atoms with van der Waals surface area (Å²) < 4.78 is 17.2. The van der Waals surface area contributed by atoms with Crippen LogP contribution in [0.25, 0.3) is 0 Å². The molecule has 5 nitrogen and oxygen atoms in total. The van der Waals surface area contributed by atoms with Gasteiger partial charge in [-0.3, -0.25) is 0 Å². The Balaban J connectivity index is 2.34. The molecule has 1 aliphatic heterocycles. The summed E-state index contributed by atoms with van der Waals surface area (Å²) in [6, 6.07) is 3.64. The molecule has 1 aromatic heterocycles. The third-order valence-corrected chi connectivity index (χ3v) is 3.82. The van der Waals surface area contributed by atoms with E-state index in [-0.39, 0.29) is 11.2 Å². The summed E-state index contributed by atoms with van der Waals surface area (Å²) in [6.45, 7) is 8.47. The van der Waals surface area contributed by atoms with E-state index in [9.17, 15) is 0 Å². The van der Waals surface area contributed by atoms with Crippen LogP contribution in [0.2, 0.25) is 0 Å². The molecule has 104 valence electrons. The molecule has 19 heavy (non-hydrogen) atoms. The van der Waals surface area contributed by atoms with Gasteiger partial charge in [-0.1, -0.05) is 6.07 Å². The lowest BCUT2D eigenvalue weighted by Gasteiger charge is -2.32. The molecular weight excluding hydrogens is 243 g/mol. The Kier molecular flexibility index (Phi) is 3.60. The smallest absolute Gasteiger partial charge is 0.399 e. The lowest BCUT2D eigenvalue weighted by molar-refractivity contribution is 0.00578. The number of methoxy groups -OCH3 is 1. The van der Waals surface area contributed by atoms with Crippen molar-refractivity contribution in [1.82, 2.24) is 4.98 Å². The van der Waals surface area contributed by atoms with Crippen molar-refractivity contribution >= 4 is 18.4 Å². The number of ether oxygens (including phenoxy) is 1. The zero-order valence-electron chi connectivity index (χ0n) is 12.2. The summed E-state index contributed by atoms with van der Waals surface area (Å²) in [5.41, 5.74) is 6.59. The number of pyridine rings is 1. The number of nitrogen functional groups attached to an aromatic ring is 1. The highest BCUT2D eigenvalue weighted by atomic mass is 16.7. The molecule has 0 radical (unpaired) electrons. The predicted octanol–water partition coefficient (Wildman–Crippen LogP) is 1.11. The normalized spacial score (nSPS) is 20.8. The number of hydrogen-bond donors (Lipinski definition) is 1. The van der Waals surface area contributed by atoms with Gasteiger partial charge in [0.2, 0.25) is 0 Å². The molecule has 0 amide bonds. The van der Waals surface area contributed by atoms with E-state index in [0.717, 1.165) is 11.2 Å². The van der Waals surface area contributed by atoms with Crippen LogP contribution in [0.3, 0.4) is 0 Å². The van der Waals surface area contributed by atoms with Gasteiger partial charge in [0, 0.05) is 12.6 Å². The zero-order chi connectivity index (χ0) is 14.3. The molecule has 2 rings (SSSR count). The van der Waals surface area contributed by atoms with Crippen LogP contribution >= 0.6 is 0 Å². The van der Waals surface area contributed by atoms with Gasteiger partial charge in [0.1, 0.15) is 5.82 Å². The van der Waals surface area contributed by atoms with Crippen molar-refractivity contribution in [2.24, 2.45) is 0 Å². The first kappa shape index (κ1) is 14.3. The van der Waals surface area contributed by atoms with Gasteiger partial charge < -0.3 is 19.8 Å². The SMILES string of the molecule is COCc1nc(N)ccc1B1OC(C)(C)C(C)(C)O1. The van der Waals surface area contributed by atoms with Crippen LogP contribution in [-0.2, 0) is 20.7 Å². The maximum Gasteiger partial charge on any atom is 0.496 e. The third-order valence-electron chi connectivity index (χ3n) is 3.82. The Hall–Kier alpha value is -1.11. The molecule has 6 heteroatoms. The average Bonchev–Trinajstić information content (AvgIpc) is 2.48. The van der Waals surface area contributed by atoms with E-state index < -0.39 is 7.12 Å². The summed E-state index contributed by atoms with van der Waals surface area (Å²) in [7, 11) is 1.18. The third kappa shape index (κ3) is 2.61. The monoisotopic (exact) mass is 264 g/mol. The number of nitrogens with zero attached hydrogens (tertiary/aromatic N) is 1. The highest BCUT2D eigenvalue weighted by Crippen LogP contribution is 2.36. The molecule has 0 bridgehead atoms. The van der Waals surface area contributed by atoms with E-state index >= 15 is 0 Å².